The third-order valence-corrected chi connectivity index (χ3v) is 7.61. The molecular weight excluding hydrogens is 484 g/mol. The first-order valence-electron chi connectivity index (χ1n) is 9.75. The van der Waals surface area contributed by atoms with Crippen molar-refractivity contribution in [2.24, 2.45) is 4.99 Å². The molecule has 9 heteroatoms. The van der Waals surface area contributed by atoms with Gasteiger partial charge in [-0.2, -0.15) is 4.99 Å². The van der Waals surface area contributed by atoms with Gasteiger partial charge in [-0.05, 0) is 49.9 Å². The van der Waals surface area contributed by atoms with Gasteiger partial charge in [-0.15, -0.1) is 6.58 Å². The van der Waals surface area contributed by atoms with E-state index in [2.05, 4.69) is 37.8 Å². The highest BCUT2D eigenvalue weighted by Crippen LogP contribution is 2.35. The molecule has 0 unspecified atom stereocenters. The van der Waals surface area contributed by atoms with E-state index in [1.54, 1.807) is 22.3 Å². The Labute approximate surface area is 192 Å². The molecule has 1 aliphatic carbocycles. The summed E-state index contributed by atoms with van der Waals surface area (Å²) >= 11 is 6.30. The summed E-state index contributed by atoms with van der Waals surface area (Å²) in [5, 5.41) is 3.62. The van der Waals surface area contributed by atoms with Crippen molar-refractivity contribution in [2.45, 2.75) is 37.4 Å². The maximum Gasteiger partial charge on any atom is 0.242 e. The fourth-order valence-electron chi connectivity index (χ4n) is 3.40. The van der Waals surface area contributed by atoms with Crippen molar-refractivity contribution in [3.8, 4) is 0 Å². The van der Waals surface area contributed by atoms with Crippen molar-refractivity contribution in [3.63, 3.8) is 0 Å². The number of rotatable bonds is 6. The average molecular weight is 505 g/mol. The molecule has 0 saturated carbocycles. The Bertz CT molecular complexity index is 979. The molecule has 4 rings (SSSR count). The monoisotopic (exact) mass is 504 g/mol. The minimum absolute atomic E-state index is 0.0839. The normalized spacial score (nSPS) is 19.8. The second-order valence-electron chi connectivity index (χ2n) is 7.07. The first-order valence-corrected chi connectivity index (χ1v) is 12.2. The fraction of sp³-hybridized carbons (Fsp3) is 0.333. The molecule has 1 N–H and O–H groups in total. The van der Waals surface area contributed by atoms with E-state index in [4.69, 9.17) is 0 Å². The van der Waals surface area contributed by atoms with Gasteiger partial charge in [0.25, 0.3) is 0 Å². The molecule has 1 saturated heterocycles. The van der Waals surface area contributed by atoms with Crippen LogP contribution in [0.4, 0.5) is 10.8 Å². The van der Waals surface area contributed by atoms with E-state index in [0.717, 1.165) is 29.4 Å². The van der Waals surface area contributed by atoms with E-state index in [0.29, 0.717) is 22.5 Å². The van der Waals surface area contributed by atoms with Gasteiger partial charge < -0.3 is 5.32 Å². The largest absolute Gasteiger partial charge is 0.326 e. The SMILES string of the molecule is C=CCN1C(=O)[C@H](CC(=O)Nc2ccc(Br)cc2)SC1=Nc1nc2c(s1)CCCC2. The van der Waals surface area contributed by atoms with E-state index >= 15 is 0 Å². The van der Waals surface area contributed by atoms with Gasteiger partial charge >= 0.3 is 0 Å². The van der Waals surface area contributed by atoms with Crippen molar-refractivity contribution in [1.29, 1.82) is 0 Å². The van der Waals surface area contributed by atoms with Crippen LogP contribution in [-0.4, -0.2) is 38.7 Å². The molecule has 30 heavy (non-hydrogen) atoms. The maximum absolute atomic E-state index is 12.9. The van der Waals surface area contributed by atoms with E-state index in [9.17, 15) is 9.59 Å². The number of aliphatic imine (C=N–C) groups is 1. The summed E-state index contributed by atoms with van der Waals surface area (Å²) in [5.74, 6) is -0.321. The predicted octanol–water partition coefficient (Wildman–Crippen LogP) is 4.93. The first kappa shape index (κ1) is 21.3. The summed E-state index contributed by atoms with van der Waals surface area (Å²) in [4.78, 5) is 37.6. The lowest BCUT2D eigenvalue weighted by molar-refractivity contribution is -0.127. The number of amides is 2. The molecule has 0 bridgehead atoms. The van der Waals surface area contributed by atoms with Crippen molar-refractivity contribution in [1.82, 2.24) is 9.88 Å². The van der Waals surface area contributed by atoms with Gasteiger partial charge in [-0.3, -0.25) is 14.5 Å². The number of thiazole rings is 1. The molecule has 1 aromatic heterocycles. The number of amidine groups is 1. The Morgan fingerprint density at radius 2 is 2.10 bits per heavy atom. The number of hydrogen-bond donors (Lipinski definition) is 1. The maximum atomic E-state index is 12.9. The van der Waals surface area contributed by atoms with Crippen molar-refractivity contribution < 1.29 is 9.59 Å². The lowest BCUT2D eigenvalue weighted by atomic mass is 10.0. The zero-order valence-electron chi connectivity index (χ0n) is 16.3. The van der Waals surface area contributed by atoms with E-state index < -0.39 is 5.25 Å². The summed E-state index contributed by atoms with van der Waals surface area (Å²) < 4.78 is 0.937. The third-order valence-electron chi connectivity index (χ3n) is 4.86. The highest BCUT2D eigenvalue weighted by molar-refractivity contribution is 9.10. The second kappa shape index (κ2) is 9.45. The van der Waals surface area contributed by atoms with Gasteiger partial charge in [-0.1, -0.05) is 45.1 Å². The number of aryl methyl sites for hydroxylation is 2. The summed E-state index contributed by atoms with van der Waals surface area (Å²) in [6.07, 6.45) is 6.16. The number of carbonyl (C=O) groups excluding carboxylic acids is 2. The topological polar surface area (TPSA) is 74.7 Å². The van der Waals surface area contributed by atoms with Crippen LogP contribution in [0.1, 0.15) is 29.8 Å². The lowest BCUT2D eigenvalue weighted by Crippen LogP contribution is -2.33. The molecule has 2 aliphatic rings. The van der Waals surface area contributed by atoms with Gasteiger partial charge in [0.1, 0.15) is 5.25 Å². The van der Waals surface area contributed by atoms with Crippen LogP contribution in [-0.2, 0) is 22.4 Å². The van der Waals surface area contributed by atoms with Crippen LogP contribution in [0.3, 0.4) is 0 Å². The number of anilines is 1. The minimum atomic E-state index is -0.506. The number of carbonyl (C=O) groups is 2. The van der Waals surface area contributed by atoms with Crippen LogP contribution in [0.15, 0.2) is 46.4 Å². The summed E-state index contributed by atoms with van der Waals surface area (Å²) in [5.41, 5.74) is 1.84. The van der Waals surface area contributed by atoms with Crippen LogP contribution in [0, 0.1) is 0 Å². The Kier molecular flexibility index (Phi) is 6.70. The quantitative estimate of drug-likeness (QED) is 0.565. The smallest absolute Gasteiger partial charge is 0.242 e. The van der Waals surface area contributed by atoms with Crippen LogP contribution in [0.25, 0.3) is 0 Å². The number of benzene rings is 1. The molecule has 0 radical (unpaired) electrons. The molecule has 1 aromatic carbocycles. The fourth-order valence-corrected chi connectivity index (χ4v) is 5.89. The lowest BCUT2D eigenvalue weighted by Gasteiger charge is -2.13. The number of nitrogens with zero attached hydrogens (tertiary/aromatic N) is 3. The first-order chi connectivity index (χ1) is 14.5. The van der Waals surface area contributed by atoms with Crippen LogP contribution < -0.4 is 5.32 Å². The number of hydrogen-bond acceptors (Lipinski definition) is 6. The van der Waals surface area contributed by atoms with E-state index in [-0.39, 0.29) is 18.2 Å². The van der Waals surface area contributed by atoms with Gasteiger partial charge in [0, 0.05) is 28.0 Å². The molecule has 1 fully saturated rings. The standard InChI is InChI=1S/C21H21BrN4O2S2/c1-2-11-26-19(28)17(12-18(27)23-14-9-7-13(22)8-10-14)30-21(26)25-20-24-15-5-3-4-6-16(15)29-20/h2,7-10,17H,1,3-6,11-12H2,(H,23,27)/t17-/m0/s1. The number of nitrogens with one attached hydrogen (secondary N) is 1. The Hall–Kier alpha value is -1.97. The zero-order chi connectivity index (χ0) is 21.1. The summed E-state index contributed by atoms with van der Waals surface area (Å²) in [7, 11) is 0. The van der Waals surface area contributed by atoms with Crippen LogP contribution >= 0.6 is 39.0 Å². The highest BCUT2D eigenvalue weighted by Gasteiger charge is 2.38. The van der Waals surface area contributed by atoms with Crippen molar-refractivity contribution in [2.75, 3.05) is 11.9 Å². The van der Waals surface area contributed by atoms with Gasteiger partial charge in [0.05, 0.1) is 5.69 Å². The second-order valence-corrected chi connectivity index (χ2v) is 10.2. The van der Waals surface area contributed by atoms with Crippen molar-refractivity contribution in [3.05, 3.63) is 52.0 Å². The molecule has 1 aliphatic heterocycles. The molecule has 6 nitrogen and oxygen atoms in total. The minimum Gasteiger partial charge on any atom is -0.326 e. The van der Waals surface area contributed by atoms with Crippen molar-refractivity contribution >= 4 is 66.8 Å². The molecular formula is C21H21BrN4O2S2. The number of thioether (sulfide) groups is 1. The third kappa shape index (κ3) is 4.84. The molecule has 1 atom stereocenters. The van der Waals surface area contributed by atoms with Crippen LogP contribution in [0.5, 0.6) is 0 Å². The average Bonchev–Trinajstić information content (AvgIpc) is 3.26. The van der Waals surface area contributed by atoms with Gasteiger partial charge in [-0.25, -0.2) is 4.98 Å². The predicted molar refractivity (Wildman–Crippen MR) is 127 cm³/mol. The number of fused-ring (bicyclic) bond motifs is 1. The van der Waals surface area contributed by atoms with E-state index in [1.165, 1.54) is 23.1 Å². The molecule has 156 valence electrons. The van der Waals surface area contributed by atoms with Crippen LogP contribution in [0.2, 0.25) is 0 Å². The molecule has 2 heterocycles. The number of aromatic nitrogens is 1. The highest BCUT2D eigenvalue weighted by atomic mass is 79.9. The Balaban J connectivity index is 1.48. The van der Waals surface area contributed by atoms with Gasteiger partial charge in [0.15, 0.2) is 5.17 Å². The summed E-state index contributed by atoms with van der Waals surface area (Å²) in [6, 6.07) is 7.34. The van der Waals surface area contributed by atoms with Gasteiger partial charge in [0.2, 0.25) is 16.9 Å². The Morgan fingerprint density at radius 3 is 2.83 bits per heavy atom. The zero-order valence-corrected chi connectivity index (χ0v) is 19.5. The Morgan fingerprint density at radius 1 is 1.33 bits per heavy atom. The molecule has 2 amide bonds. The molecule has 0 spiro atoms. The summed E-state index contributed by atoms with van der Waals surface area (Å²) in [6.45, 7) is 4.11. The molecule has 2 aromatic rings. The number of halogens is 1. The van der Waals surface area contributed by atoms with E-state index in [1.807, 2.05) is 24.3 Å².